The molecule has 9 heteroatoms. The van der Waals surface area contributed by atoms with Crippen LogP contribution < -0.4 is 16.4 Å². The van der Waals surface area contributed by atoms with E-state index in [2.05, 4.69) is 41.9 Å². The van der Waals surface area contributed by atoms with Gasteiger partial charge in [-0.15, -0.1) is 0 Å². The Morgan fingerprint density at radius 1 is 1.15 bits per heavy atom. The summed E-state index contributed by atoms with van der Waals surface area (Å²) in [6.45, 7) is 0.503. The fourth-order valence-electron chi connectivity index (χ4n) is 2.52. The summed E-state index contributed by atoms with van der Waals surface area (Å²) in [5, 5.41) is 22.2. The minimum Gasteiger partial charge on any atom is -0.368 e. The van der Waals surface area contributed by atoms with Gasteiger partial charge in [0.1, 0.15) is 0 Å². The second-order valence-corrected chi connectivity index (χ2v) is 6.11. The molecule has 2 aromatic heterocycles. The summed E-state index contributed by atoms with van der Waals surface area (Å²) in [6.07, 6.45) is 2.40. The Morgan fingerprint density at radius 3 is 2.65 bits per heavy atom. The largest absolute Gasteiger partial charge is 0.368 e. The van der Waals surface area contributed by atoms with Crippen molar-refractivity contribution < 1.29 is 0 Å². The van der Waals surface area contributed by atoms with E-state index < -0.39 is 0 Å². The molecule has 1 aromatic carbocycles. The average Bonchev–Trinajstić information content (AvgIpc) is 3.40. The van der Waals surface area contributed by atoms with Crippen molar-refractivity contribution in [2.45, 2.75) is 25.3 Å². The Morgan fingerprint density at radius 2 is 1.92 bits per heavy atom. The molecule has 2 heterocycles. The van der Waals surface area contributed by atoms with Crippen LogP contribution in [0, 0.1) is 11.3 Å². The maximum Gasteiger partial charge on any atom is 0.235 e. The number of nitrogens with one attached hydrogen (secondary N) is 3. The van der Waals surface area contributed by atoms with Gasteiger partial charge in [-0.2, -0.15) is 25.3 Å². The van der Waals surface area contributed by atoms with Gasteiger partial charge in [0.2, 0.25) is 17.8 Å². The predicted molar refractivity (Wildman–Crippen MR) is 96.6 cm³/mol. The number of hydrogen-bond acceptors (Lipinski definition) is 8. The second kappa shape index (κ2) is 6.68. The zero-order valence-corrected chi connectivity index (χ0v) is 13.9. The van der Waals surface area contributed by atoms with Crippen LogP contribution in [0.4, 0.5) is 23.7 Å². The van der Waals surface area contributed by atoms with Crippen LogP contribution in [-0.2, 0) is 6.54 Å². The fourth-order valence-corrected chi connectivity index (χ4v) is 2.52. The first-order valence-corrected chi connectivity index (χ1v) is 8.26. The molecule has 0 radical (unpaired) electrons. The Labute approximate surface area is 149 Å². The van der Waals surface area contributed by atoms with Gasteiger partial charge in [-0.1, -0.05) is 12.1 Å². The standard InChI is InChI=1S/C17H17N9/c18-8-10-1-3-11(4-2-10)9-20-16-22-15(19)23-17(24-16)21-14-7-13(25-26-14)12-5-6-12/h1-4,7,12H,5-6,9H2,(H5,19,20,21,22,23,24,25,26). The van der Waals surface area contributed by atoms with Gasteiger partial charge in [0, 0.05) is 24.2 Å². The molecule has 130 valence electrons. The Kier molecular flexibility index (Phi) is 4.07. The lowest BCUT2D eigenvalue weighted by Gasteiger charge is -2.07. The van der Waals surface area contributed by atoms with Gasteiger partial charge in [0.25, 0.3) is 0 Å². The van der Waals surface area contributed by atoms with E-state index in [1.165, 1.54) is 12.8 Å². The summed E-state index contributed by atoms with van der Waals surface area (Å²) in [5.41, 5.74) is 8.51. The molecular formula is C17H17N9. The third kappa shape index (κ3) is 3.70. The van der Waals surface area contributed by atoms with E-state index in [1.54, 1.807) is 12.1 Å². The van der Waals surface area contributed by atoms with E-state index in [0.717, 1.165) is 11.3 Å². The molecule has 3 aromatic rings. The van der Waals surface area contributed by atoms with Crippen molar-refractivity contribution in [1.29, 1.82) is 5.26 Å². The lowest BCUT2D eigenvalue weighted by atomic mass is 10.1. The first-order chi connectivity index (χ1) is 12.7. The molecule has 0 bridgehead atoms. The van der Waals surface area contributed by atoms with E-state index in [1.807, 2.05) is 18.2 Å². The summed E-state index contributed by atoms with van der Waals surface area (Å²) in [5.74, 6) is 2.04. The van der Waals surface area contributed by atoms with Crippen LogP contribution in [0.25, 0.3) is 0 Å². The van der Waals surface area contributed by atoms with Crippen molar-refractivity contribution in [2.24, 2.45) is 0 Å². The van der Waals surface area contributed by atoms with Crippen LogP contribution in [0.2, 0.25) is 0 Å². The quantitative estimate of drug-likeness (QED) is 0.532. The van der Waals surface area contributed by atoms with Crippen molar-refractivity contribution in [3.8, 4) is 6.07 Å². The maximum atomic E-state index is 8.83. The van der Waals surface area contributed by atoms with Gasteiger partial charge in [-0.3, -0.25) is 5.10 Å². The molecule has 0 atom stereocenters. The highest BCUT2D eigenvalue weighted by molar-refractivity contribution is 5.51. The molecule has 1 aliphatic carbocycles. The molecule has 0 saturated heterocycles. The number of H-pyrrole nitrogens is 1. The SMILES string of the molecule is N#Cc1ccc(CNc2nc(N)nc(Nc3cc(C4CC4)[nH]n3)n2)cc1. The Balaban J connectivity index is 1.43. The van der Waals surface area contributed by atoms with Crippen molar-refractivity contribution in [3.63, 3.8) is 0 Å². The molecule has 1 fully saturated rings. The first-order valence-electron chi connectivity index (χ1n) is 8.26. The summed E-state index contributed by atoms with van der Waals surface area (Å²) in [6, 6.07) is 11.3. The van der Waals surface area contributed by atoms with Crippen molar-refractivity contribution in [2.75, 3.05) is 16.4 Å². The number of benzene rings is 1. The van der Waals surface area contributed by atoms with Gasteiger partial charge in [-0.05, 0) is 30.5 Å². The number of nitrogens with two attached hydrogens (primary N) is 1. The first kappa shape index (κ1) is 15.8. The van der Waals surface area contributed by atoms with E-state index in [9.17, 15) is 0 Å². The van der Waals surface area contributed by atoms with E-state index in [-0.39, 0.29) is 5.95 Å². The Hall–Kier alpha value is -3.67. The van der Waals surface area contributed by atoms with Crippen molar-refractivity contribution in [3.05, 3.63) is 47.2 Å². The van der Waals surface area contributed by atoms with E-state index in [4.69, 9.17) is 11.0 Å². The van der Waals surface area contributed by atoms with E-state index in [0.29, 0.717) is 35.7 Å². The average molecular weight is 347 g/mol. The number of nitrogens with zero attached hydrogens (tertiary/aromatic N) is 5. The molecular weight excluding hydrogens is 330 g/mol. The number of nitriles is 1. The van der Waals surface area contributed by atoms with Crippen LogP contribution in [0.15, 0.2) is 30.3 Å². The molecule has 0 aliphatic heterocycles. The second-order valence-electron chi connectivity index (χ2n) is 6.11. The number of nitrogen functional groups attached to an aromatic ring is 1. The smallest absolute Gasteiger partial charge is 0.235 e. The molecule has 1 aliphatic rings. The van der Waals surface area contributed by atoms with E-state index >= 15 is 0 Å². The molecule has 1 saturated carbocycles. The molecule has 9 nitrogen and oxygen atoms in total. The molecule has 5 N–H and O–H groups in total. The lowest BCUT2D eigenvalue weighted by Crippen LogP contribution is -2.09. The highest BCUT2D eigenvalue weighted by atomic mass is 15.3. The Bertz CT molecular complexity index is 951. The van der Waals surface area contributed by atoms with Gasteiger partial charge < -0.3 is 16.4 Å². The summed E-state index contributed by atoms with van der Waals surface area (Å²) in [4.78, 5) is 12.5. The fraction of sp³-hybridized carbons (Fsp3) is 0.235. The zero-order valence-electron chi connectivity index (χ0n) is 13.9. The van der Waals surface area contributed by atoms with Crippen molar-refractivity contribution in [1.82, 2.24) is 25.1 Å². The number of aromatic amines is 1. The van der Waals surface area contributed by atoms with Crippen LogP contribution >= 0.6 is 0 Å². The summed E-state index contributed by atoms with van der Waals surface area (Å²) < 4.78 is 0. The molecule has 4 rings (SSSR count). The van der Waals surface area contributed by atoms with Gasteiger partial charge in [-0.25, -0.2) is 0 Å². The van der Waals surface area contributed by atoms with Crippen molar-refractivity contribution >= 4 is 23.7 Å². The zero-order chi connectivity index (χ0) is 17.9. The van der Waals surface area contributed by atoms with Gasteiger partial charge in [0.15, 0.2) is 5.82 Å². The molecule has 0 spiro atoms. The summed E-state index contributed by atoms with van der Waals surface area (Å²) >= 11 is 0. The van der Waals surface area contributed by atoms with Crippen LogP contribution in [0.3, 0.4) is 0 Å². The number of anilines is 4. The van der Waals surface area contributed by atoms with Gasteiger partial charge in [0.05, 0.1) is 11.6 Å². The number of aromatic nitrogens is 5. The lowest BCUT2D eigenvalue weighted by molar-refractivity contribution is 0.964. The predicted octanol–water partition coefficient (Wildman–Crippen LogP) is 2.28. The van der Waals surface area contributed by atoms with Crippen LogP contribution in [-0.4, -0.2) is 25.1 Å². The van der Waals surface area contributed by atoms with Gasteiger partial charge >= 0.3 is 0 Å². The minimum atomic E-state index is 0.114. The maximum absolute atomic E-state index is 8.83. The van der Waals surface area contributed by atoms with Crippen LogP contribution in [0.5, 0.6) is 0 Å². The normalized spacial score (nSPS) is 13.2. The topological polar surface area (TPSA) is 141 Å². The molecule has 0 amide bonds. The summed E-state index contributed by atoms with van der Waals surface area (Å²) in [7, 11) is 0. The molecule has 26 heavy (non-hydrogen) atoms. The highest BCUT2D eigenvalue weighted by Crippen LogP contribution is 2.39. The number of hydrogen-bond donors (Lipinski definition) is 4. The third-order valence-electron chi connectivity index (χ3n) is 4.04. The molecule has 0 unspecified atom stereocenters. The monoisotopic (exact) mass is 347 g/mol. The number of rotatable bonds is 6. The minimum absolute atomic E-state index is 0.114. The highest BCUT2D eigenvalue weighted by Gasteiger charge is 2.25. The third-order valence-corrected chi connectivity index (χ3v) is 4.04. The van der Waals surface area contributed by atoms with Crippen LogP contribution in [0.1, 0.15) is 35.6 Å².